The summed E-state index contributed by atoms with van der Waals surface area (Å²) in [5, 5.41) is 3.40. The number of nitrogens with one attached hydrogen (secondary N) is 2. The Hall–Kier alpha value is -2.48. The average molecular weight is 461 g/mol. The zero-order chi connectivity index (χ0) is 21.7. The molecule has 0 aromatic heterocycles. The lowest BCUT2D eigenvalue weighted by Gasteiger charge is -2.33. The first kappa shape index (κ1) is 19.2. The molecule has 4 aliphatic heterocycles. The molecule has 158 valence electrons. The standard InChI is InChI=1S/C22H16Cl2FN3O3/c23-10-3-5-13(24)16(8-10)28-19(29)17-15-2-1-7-27(15)22(18(17)20(28)30)12-9-11(25)4-6-14(12)26-21(22)31/h3-6,8-9,15,17-18H,1-2,7H2,(H,26,31)/p+1/t15-,17+,18-,22-/m0/s1. The third kappa shape index (κ3) is 2.24. The molecule has 6 nitrogen and oxygen atoms in total. The summed E-state index contributed by atoms with van der Waals surface area (Å²) < 4.78 is 14.3. The van der Waals surface area contributed by atoms with E-state index < -0.39 is 29.1 Å². The van der Waals surface area contributed by atoms with Crippen LogP contribution in [0, 0.1) is 17.7 Å². The molecule has 5 atom stereocenters. The Bertz CT molecular complexity index is 1200. The molecule has 6 rings (SSSR count). The van der Waals surface area contributed by atoms with Crippen LogP contribution < -0.4 is 15.1 Å². The van der Waals surface area contributed by atoms with Gasteiger partial charge in [-0.3, -0.25) is 14.4 Å². The first-order valence-corrected chi connectivity index (χ1v) is 10.9. The molecule has 1 unspecified atom stereocenters. The lowest BCUT2D eigenvalue weighted by atomic mass is 9.75. The van der Waals surface area contributed by atoms with E-state index in [0.29, 0.717) is 29.2 Å². The number of quaternary nitrogens is 1. The van der Waals surface area contributed by atoms with Crippen molar-refractivity contribution in [3.8, 4) is 0 Å². The molecule has 3 amide bonds. The molecule has 4 aliphatic rings. The molecule has 9 heteroatoms. The highest BCUT2D eigenvalue weighted by Crippen LogP contribution is 2.52. The summed E-state index contributed by atoms with van der Waals surface area (Å²) >= 11 is 12.4. The molecule has 3 saturated heterocycles. The number of benzene rings is 2. The second kappa shape index (κ2) is 6.28. The van der Waals surface area contributed by atoms with Gasteiger partial charge in [0.2, 0.25) is 17.4 Å². The fourth-order valence-electron chi connectivity index (χ4n) is 6.33. The number of hydrogen-bond donors (Lipinski definition) is 2. The fraction of sp³-hybridized carbons (Fsp3) is 0.318. The van der Waals surface area contributed by atoms with Crippen molar-refractivity contribution in [2.24, 2.45) is 11.8 Å². The van der Waals surface area contributed by atoms with E-state index in [0.717, 1.165) is 16.2 Å². The summed E-state index contributed by atoms with van der Waals surface area (Å²) in [5.74, 6) is -3.33. The number of fused-ring (bicyclic) bond motifs is 7. The van der Waals surface area contributed by atoms with Crippen LogP contribution in [0.15, 0.2) is 36.4 Å². The monoisotopic (exact) mass is 460 g/mol. The number of amides is 3. The highest BCUT2D eigenvalue weighted by molar-refractivity contribution is 6.38. The Kier molecular flexibility index (Phi) is 3.89. The van der Waals surface area contributed by atoms with E-state index in [1.807, 2.05) is 0 Å². The number of halogens is 3. The SMILES string of the molecule is O=C1[C@H]2[C@@H](C(=O)N1c1cc(Cl)ccc1Cl)[C@@]1(C(=O)Nc3ccc(F)cc31)[NH+]1CCC[C@@H]21. The van der Waals surface area contributed by atoms with Gasteiger partial charge < -0.3 is 10.2 Å². The van der Waals surface area contributed by atoms with Crippen molar-refractivity contribution in [2.75, 3.05) is 16.8 Å². The molecule has 1 spiro atoms. The third-order valence-corrected chi connectivity index (χ3v) is 7.88. The summed E-state index contributed by atoms with van der Waals surface area (Å²) in [6.45, 7) is 0.638. The van der Waals surface area contributed by atoms with Crippen molar-refractivity contribution in [1.29, 1.82) is 0 Å². The van der Waals surface area contributed by atoms with Crippen LogP contribution in [-0.4, -0.2) is 30.3 Å². The van der Waals surface area contributed by atoms with Gasteiger partial charge >= 0.3 is 0 Å². The number of hydrogen-bond acceptors (Lipinski definition) is 3. The Labute approximate surface area is 186 Å². The van der Waals surface area contributed by atoms with E-state index in [1.165, 1.54) is 30.3 Å². The van der Waals surface area contributed by atoms with Crippen LogP contribution in [-0.2, 0) is 19.9 Å². The topological polar surface area (TPSA) is 70.9 Å². The van der Waals surface area contributed by atoms with E-state index in [-0.39, 0.29) is 28.6 Å². The van der Waals surface area contributed by atoms with Crippen LogP contribution in [0.3, 0.4) is 0 Å². The van der Waals surface area contributed by atoms with Gasteiger partial charge in [0.1, 0.15) is 23.7 Å². The number of imide groups is 1. The van der Waals surface area contributed by atoms with E-state index in [1.54, 1.807) is 6.07 Å². The number of rotatable bonds is 1. The molecule has 0 bridgehead atoms. The van der Waals surface area contributed by atoms with E-state index in [9.17, 15) is 18.8 Å². The first-order valence-electron chi connectivity index (χ1n) is 10.2. The lowest BCUT2D eigenvalue weighted by molar-refractivity contribution is -0.948. The third-order valence-electron chi connectivity index (χ3n) is 7.33. The van der Waals surface area contributed by atoms with Crippen LogP contribution in [0.1, 0.15) is 18.4 Å². The van der Waals surface area contributed by atoms with Crippen LogP contribution in [0.4, 0.5) is 15.8 Å². The van der Waals surface area contributed by atoms with Gasteiger partial charge in [-0.2, -0.15) is 0 Å². The first-order chi connectivity index (χ1) is 14.9. The zero-order valence-electron chi connectivity index (χ0n) is 16.1. The lowest BCUT2D eigenvalue weighted by Crippen LogP contribution is -3.19. The summed E-state index contributed by atoms with van der Waals surface area (Å²) in [6, 6.07) is 8.50. The van der Waals surface area contributed by atoms with Crippen molar-refractivity contribution in [2.45, 2.75) is 24.4 Å². The second-order valence-electron chi connectivity index (χ2n) is 8.59. The molecule has 0 aliphatic carbocycles. The highest BCUT2D eigenvalue weighted by Gasteiger charge is 2.78. The number of anilines is 2. The Morgan fingerprint density at radius 2 is 1.90 bits per heavy atom. The Morgan fingerprint density at radius 1 is 1.10 bits per heavy atom. The molecule has 2 N–H and O–H groups in total. The number of carbonyl (C=O) groups is 3. The van der Waals surface area contributed by atoms with E-state index in [2.05, 4.69) is 5.32 Å². The number of nitrogens with zero attached hydrogens (tertiary/aromatic N) is 1. The van der Waals surface area contributed by atoms with Gasteiger partial charge in [0.05, 0.1) is 22.9 Å². The minimum absolute atomic E-state index is 0.204. The summed E-state index contributed by atoms with van der Waals surface area (Å²) in [4.78, 5) is 42.9. The molecule has 31 heavy (non-hydrogen) atoms. The van der Waals surface area contributed by atoms with Crippen LogP contribution in [0.25, 0.3) is 0 Å². The van der Waals surface area contributed by atoms with Crippen LogP contribution >= 0.6 is 23.2 Å². The van der Waals surface area contributed by atoms with Crippen LogP contribution in [0.5, 0.6) is 0 Å². The Morgan fingerprint density at radius 3 is 2.71 bits per heavy atom. The van der Waals surface area contributed by atoms with Crippen molar-refractivity contribution >= 4 is 52.3 Å². The quantitative estimate of drug-likeness (QED) is 0.640. The van der Waals surface area contributed by atoms with Gasteiger partial charge in [-0.1, -0.05) is 23.2 Å². The molecule has 2 aromatic rings. The van der Waals surface area contributed by atoms with Crippen molar-refractivity contribution < 1.29 is 23.7 Å². The molecule has 4 heterocycles. The van der Waals surface area contributed by atoms with E-state index >= 15 is 0 Å². The fourth-order valence-corrected chi connectivity index (χ4v) is 6.70. The van der Waals surface area contributed by atoms with Gasteiger partial charge in [-0.15, -0.1) is 0 Å². The van der Waals surface area contributed by atoms with Gasteiger partial charge in [0.15, 0.2) is 0 Å². The predicted molar refractivity (Wildman–Crippen MR) is 111 cm³/mol. The van der Waals surface area contributed by atoms with E-state index in [4.69, 9.17) is 23.2 Å². The average Bonchev–Trinajstić information content (AvgIpc) is 3.43. The predicted octanol–water partition coefficient (Wildman–Crippen LogP) is 2.15. The van der Waals surface area contributed by atoms with Gasteiger partial charge in [-0.05, 0) is 36.4 Å². The molecular formula is C22H17Cl2FN3O3+. The van der Waals surface area contributed by atoms with Crippen molar-refractivity contribution in [3.05, 3.63) is 57.8 Å². The maximum Gasteiger partial charge on any atom is 0.291 e. The summed E-state index contributed by atoms with van der Waals surface area (Å²) in [7, 11) is 0. The minimum Gasteiger partial charge on any atom is -0.320 e. The second-order valence-corrected chi connectivity index (χ2v) is 9.43. The number of carbonyl (C=O) groups excluding carboxylic acids is 3. The smallest absolute Gasteiger partial charge is 0.291 e. The van der Waals surface area contributed by atoms with Gasteiger partial charge in [0, 0.05) is 23.4 Å². The van der Waals surface area contributed by atoms with Crippen molar-refractivity contribution in [3.63, 3.8) is 0 Å². The maximum absolute atomic E-state index is 14.3. The normalized spacial score (nSPS) is 33.1. The van der Waals surface area contributed by atoms with Gasteiger partial charge in [-0.25, -0.2) is 9.29 Å². The molecule has 0 saturated carbocycles. The molecule has 3 fully saturated rings. The zero-order valence-corrected chi connectivity index (χ0v) is 17.6. The molecule has 0 radical (unpaired) electrons. The summed E-state index contributed by atoms with van der Waals surface area (Å²) in [5.41, 5.74) is -0.182. The largest absolute Gasteiger partial charge is 0.320 e. The summed E-state index contributed by atoms with van der Waals surface area (Å²) in [6.07, 6.45) is 1.54. The maximum atomic E-state index is 14.3. The van der Waals surface area contributed by atoms with Crippen molar-refractivity contribution in [1.82, 2.24) is 0 Å². The minimum atomic E-state index is -1.34. The van der Waals surface area contributed by atoms with Gasteiger partial charge in [0.25, 0.3) is 5.91 Å². The Balaban J connectivity index is 1.58. The molecular weight excluding hydrogens is 444 g/mol. The van der Waals surface area contributed by atoms with Crippen LogP contribution in [0.2, 0.25) is 10.0 Å². The highest BCUT2D eigenvalue weighted by atomic mass is 35.5. The molecule has 2 aromatic carbocycles.